The fraction of sp³-hybridized carbons (Fsp3) is 0.179. The Morgan fingerprint density at radius 1 is 1.11 bits per heavy atom. The molecule has 4 aromatic rings. The summed E-state index contributed by atoms with van der Waals surface area (Å²) in [6.45, 7) is 6.19. The number of thiazole rings is 1. The van der Waals surface area contributed by atoms with Crippen LogP contribution in [-0.2, 0) is 9.59 Å². The highest BCUT2D eigenvalue weighted by Crippen LogP contribution is 2.44. The molecule has 1 aliphatic heterocycles. The van der Waals surface area contributed by atoms with Gasteiger partial charge in [0.2, 0.25) is 0 Å². The van der Waals surface area contributed by atoms with Crippen LogP contribution in [0.3, 0.4) is 0 Å². The fourth-order valence-electron chi connectivity index (χ4n) is 4.51. The molecule has 1 fully saturated rings. The third-order valence-electron chi connectivity index (χ3n) is 6.07. The maximum absolute atomic E-state index is 13.8. The van der Waals surface area contributed by atoms with E-state index in [4.69, 9.17) is 9.72 Å². The van der Waals surface area contributed by atoms with E-state index in [-0.39, 0.29) is 11.3 Å². The van der Waals surface area contributed by atoms with Gasteiger partial charge in [0.25, 0.3) is 5.78 Å². The van der Waals surface area contributed by atoms with E-state index in [9.17, 15) is 19.1 Å². The van der Waals surface area contributed by atoms with Crippen molar-refractivity contribution in [2.45, 2.75) is 26.8 Å². The summed E-state index contributed by atoms with van der Waals surface area (Å²) in [5.74, 6) is -1.91. The first-order valence-electron chi connectivity index (χ1n) is 11.5. The summed E-state index contributed by atoms with van der Waals surface area (Å²) >= 11 is 1.29. The largest absolute Gasteiger partial charge is 0.507 e. The molecule has 1 atom stereocenters. The molecule has 1 aromatic heterocycles. The minimum Gasteiger partial charge on any atom is -0.507 e. The zero-order valence-corrected chi connectivity index (χ0v) is 20.7. The highest BCUT2D eigenvalue weighted by Gasteiger charge is 2.48. The van der Waals surface area contributed by atoms with E-state index >= 15 is 0 Å². The van der Waals surface area contributed by atoms with Crippen molar-refractivity contribution in [1.29, 1.82) is 0 Å². The van der Waals surface area contributed by atoms with Gasteiger partial charge in [0.15, 0.2) is 5.13 Å². The van der Waals surface area contributed by atoms with E-state index in [1.807, 2.05) is 32.9 Å². The van der Waals surface area contributed by atoms with Crippen LogP contribution in [0.2, 0.25) is 0 Å². The normalized spacial score (nSPS) is 17.2. The van der Waals surface area contributed by atoms with Gasteiger partial charge in [-0.2, -0.15) is 0 Å². The lowest BCUT2D eigenvalue weighted by Gasteiger charge is -2.23. The molecular weight excluding hydrogens is 479 g/mol. The molecule has 0 bridgehead atoms. The minimum atomic E-state index is -0.983. The number of aliphatic hydroxyl groups excluding tert-OH is 1. The molecule has 0 radical (unpaired) electrons. The number of anilines is 1. The van der Waals surface area contributed by atoms with Crippen molar-refractivity contribution in [3.63, 3.8) is 0 Å². The van der Waals surface area contributed by atoms with Crippen molar-refractivity contribution in [2.75, 3.05) is 11.5 Å². The lowest BCUT2D eigenvalue weighted by Crippen LogP contribution is -2.29. The second-order valence-electron chi connectivity index (χ2n) is 8.61. The van der Waals surface area contributed by atoms with Gasteiger partial charge in [-0.1, -0.05) is 41.7 Å². The molecule has 0 saturated carbocycles. The van der Waals surface area contributed by atoms with Crippen molar-refractivity contribution >= 4 is 44.1 Å². The van der Waals surface area contributed by atoms with Crippen LogP contribution < -0.4 is 9.64 Å². The van der Waals surface area contributed by atoms with Gasteiger partial charge >= 0.3 is 5.91 Å². The van der Waals surface area contributed by atoms with Gasteiger partial charge in [-0.25, -0.2) is 9.37 Å². The zero-order chi connectivity index (χ0) is 25.6. The first kappa shape index (κ1) is 23.7. The summed E-state index contributed by atoms with van der Waals surface area (Å²) in [5, 5.41) is 11.6. The number of hydrogen-bond donors (Lipinski definition) is 1. The minimum absolute atomic E-state index is 0.0904. The lowest BCUT2D eigenvalue weighted by atomic mass is 9.95. The maximum atomic E-state index is 13.8. The molecule has 3 aromatic carbocycles. The Kier molecular flexibility index (Phi) is 6.05. The molecule has 1 aliphatic rings. The topological polar surface area (TPSA) is 79.7 Å². The molecule has 0 aliphatic carbocycles. The molecule has 1 N–H and O–H groups in total. The van der Waals surface area contributed by atoms with Gasteiger partial charge < -0.3 is 9.84 Å². The van der Waals surface area contributed by atoms with Gasteiger partial charge in [0.1, 0.15) is 17.3 Å². The highest BCUT2D eigenvalue weighted by molar-refractivity contribution is 7.22. The lowest BCUT2D eigenvalue weighted by molar-refractivity contribution is -0.132. The molecule has 1 amide bonds. The number of halogens is 1. The molecule has 0 spiro atoms. The average molecular weight is 503 g/mol. The number of nitrogens with zero attached hydrogens (tertiary/aromatic N) is 2. The zero-order valence-electron chi connectivity index (χ0n) is 19.9. The van der Waals surface area contributed by atoms with Gasteiger partial charge in [0, 0.05) is 5.56 Å². The first-order chi connectivity index (χ1) is 17.3. The molecule has 36 heavy (non-hydrogen) atoms. The second-order valence-corrected chi connectivity index (χ2v) is 9.62. The standard InChI is InChI=1S/C28H23FN2O4S/c1-4-35-20-7-5-6-18(14-20)25(32)22-24(17-8-10-19(29)11-9-17)31(27(34)26(22)33)28-30-23-16(3)12-15(2)13-21(23)36-28/h5-14,24,32H,4H2,1-3H3/b25-22+. The predicted molar refractivity (Wildman–Crippen MR) is 138 cm³/mol. The van der Waals surface area contributed by atoms with Gasteiger partial charge in [-0.3, -0.25) is 14.5 Å². The number of ether oxygens (including phenoxy) is 1. The summed E-state index contributed by atoms with van der Waals surface area (Å²) in [5.41, 5.74) is 3.47. The Morgan fingerprint density at radius 3 is 2.58 bits per heavy atom. The van der Waals surface area contributed by atoms with Gasteiger partial charge in [-0.15, -0.1) is 0 Å². The Hall–Kier alpha value is -4.04. The quantitative estimate of drug-likeness (QED) is 0.203. The molecule has 6 nitrogen and oxygen atoms in total. The van der Waals surface area contributed by atoms with Crippen LogP contribution in [0, 0.1) is 19.7 Å². The number of benzene rings is 3. The summed E-state index contributed by atoms with van der Waals surface area (Å²) in [6.07, 6.45) is 0. The Balaban J connectivity index is 1.72. The molecule has 8 heteroatoms. The predicted octanol–water partition coefficient (Wildman–Crippen LogP) is 6.08. The van der Waals surface area contributed by atoms with Crippen molar-refractivity contribution < 1.29 is 23.8 Å². The number of aryl methyl sites for hydroxylation is 2. The average Bonchev–Trinajstić information content (AvgIpc) is 3.38. The van der Waals surface area contributed by atoms with E-state index in [1.54, 1.807) is 24.3 Å². The summed E-state index contributed by atoms with van der Waals surface area (Å²) in [7, 11) is 0. The van der Waals surface area contributed by atoms with Crippen LogP contribution in [0.5, 0.6) is 5.75 Å². The number of amides is 1. The SMILES string of the molecule is CCOc1cccc(/C(O)=C2\C(=O)C(=O)N(c3nc4c(C)cc(C)cc4s3)C2c2ccc(F)cc2)c1. The van der Waals surface area contributed by atoms with Crippen molar-refractivity contribution in [3.05, 3.63) is 94.3 Å². The van der Waals surface area contributed by atoms with Crippen LogP contribution in [0.1, 0.15) is 35.2 Å². The van der Waals surface area contributed by atoms with Crippen LogP contribution in [0.25, 0.3) is 16.0 Å². The maximum Gasteiger partial charge on any atom is 0.301 e. The van der Waals surface area contributed by atoms with Crippen LogP contribution in [-0.4, -0.2) is 28.4 Å². The molecule has 1 unspecified atom stereocenters. The Morgan fingerprint density at radius 2 is 1.86 bits per heavy atom. The Labute approximate surface area is 211 Å². The van der Waals surface area contributed by atoms with Crippen LogP contribution in [0.15, 0.2) is 66.2 Å². The monoisotopic (exact) mass is 502 g/mol. The number of rotatable bonds is 5. The molecule has 1 saturated heterocycles. The number of aromatic nitrogens is 1. The van der Waals surface area contributed by atoms with Gasteiger partial charge in [0.05, 0.1) is 28.4 Å². The molecular formula is C28H23FN2O4S. The number of aliphatic hydroxyl groups is 1. The summed E-state index contributed by atoms with van der Waals surface area (Å²) in [4.78, 5) is 32.8. The third-order valence-corrected chi connectivity index (χ3v) is 7.07. The van der Waals surface area contributed by atoms with Crippen LogP contribution in [0.4, 0.5) is 9.52 Å². The fourth-order valence-corrected chi connectivity index (χ4v) is 5.68. The number of Topliss-reactive ketones (excluding diaryl/α,β-unsaturated/α-hetero) is 1. The van der Waals surface area contributed by atoms with E-state index in [1.165, 1.54) is 40.5 Å². The number of fused-ring (bicyclic) bond motifs is 1. The first-order valence-corrected chi connectivity index (χ1v) is 12.3. The smallest absolute Gasteiger partial charge is 0.301 e. The van der Waals surface area contributed by atoms with E-state index in [2.05, 4.69) is 0 Å². The molecule has 182 valence electrons. The summed E-state index contributed by atoms with van der Waals surface area (Å²) < 4.78 is 20.2. The van der Waals surface area contributed by atoms with Gasteiger partial charge in [-0.05, 0) is 67.8 Å². The van der Waals surface area contributed by atoms with E-state index < -0.39 is 23.5 Å². The van der Waals surface area contributed by atoms with E-state index in [0.717, 1.165) is 21.3 Å². The number of ketones is 1. The number of carbonyl (C=O) groups is 2. The van der Waals surface area contributed by atoms with Crippen LogP contribution >= 0.6 is 11.3 Å². The van der Waals surface area contributed by atoms with Crippen molar-refractivity contribution in [3.8, 4) is 5.75 Å². The van der Waals surface area contributed by atoms with Crippen molar-refractivity contribution in [1.82, 2.24) is 4.98 Å². The molecule has 2 heterocycles. The Bertz CT molecular complexity index is 1540. The van der Waals surface area contributed by atoms with Crippen molar-refractivity contribution in [2.24, 2.45) is 0 Å². The summed E-state index contributed by atoms with van der Waals surface area (Å²) in [6, 6.07) is 15.2. The highest BCUT2D eigenvalue weighted by atomic mass is 32.1. The third kappa shape index (κ3) is 4.03. The second kappa shape index (κ2) is 9.20. The molecule has 5 rings (SSSR count). The number of carbonyl (C=O) groups excluding carboxylic acids is 2. The number of hydrogen-bond acceptors (Lipinski definition) is 6. The van der Waals surface area contributed by atoms with E-state index in [0.29, 0.717) is 28.6 Å².